The van der Waals surface area contributed by atoms with Crippen molar-refractivity contribution >= 4 is 5.97 Å². The molecule has 6 atom stereocenters. The lowest BCUT2D eigenvalue weighted by atomic mass is 9.65. The molecule has 4 nitrogen and oxygen atoms in total. The molecule has 0 radical (unpaired) electrons. The molecule has 4 heteroatoms. The van der Waals surface area contributed by atoms with Gasteiger partial charge in [-0.1, -0.05) is 13.3 Å². The van der Waals surface area contributed by atoms with Gasteiger partial charge in [0.25, 0.3) is 0 Å². The molecule has 1 saturated carbocycles. The predicted octanol–water partition coefficient (Wildman–Crippen LogP) is 3.12. The van der Waals surface area contributed by atoms with Crippen LogP contribution < -0.4 is 5.32 Å². The number of hydrogen-bond acceptors (Lipinski definition) is 3. The molecule has 0 aromatic carbocycles. The number of piperidine rings is 2. The summed E-state index contributed by atoms with van der Waals surface area (Å²) in [4.78, 5) is 13.6. The highest BCUT2D eigenvalue weighted by atomic mass is 16.4. The molecular weight excluding hydrogens is 288 g/mol. The second kappa shape index (κ2) is 7.52. The molecule has 6 unspecified atom stereocenters. The second-order valence-corrected chi connectivity index (χ2v) is 8.51. The smallest absolute Gasteiger partial charge is 0.304 e. The van der Waals surface area contributed by atoms with Crippen LogP contribution in [0, 0.1) is 17.8 Å². The van der Waals surface area contributed by atoms with Crippen molar-refractivity contribution in [2.75, 3.05) is 13.6 Å². The Morgan fingerprint density at radius 1 is 1.22 bits per heavy atom. The molecule has 0 aromatic heterocycles. The average molecular weight is 322 g/mol. The summed E-state index contributed by atoms with van der Waals surface area (Å²) >= 11 is 0. The summed E-state index contributed by atoms with van der Waals surface area (Å²) in [6.07, 6.45) is 10.6. The van der Waals surface area contributed by atoms with E-state index in [9.17, 15) is 4.79 Å². The Balaban J connectivity index is 1.61. The minimum atomic E-state index is -0.662. The Morgan fingerprint density at radius 2 is 2.04 bits per heavy atom. The Labute approximate surface area is 141 Å². The third kappa shape index (κ3) is 4.27. The molecule has 3 aliphatic rings. The first-order valence-corrected chi connectivity index (χ1v) is 9.71. The van der Waals surface area contributed by atoms with Gasteiger partial charge in [0.15, 0.2) is 0 Å². The van der Waals surface area contributed by atoms with Crippen molar-refractivity contribution in [1.82, 2.24) is 10.2 Å². The first kappa shape index (κ1) is 17.2. The van der Waals surface area contributed by atoms with E-state index >= 15 is 0 Å². The van der Waals surface area contributed by atoms with Gasteiger partial charge in [0.2, 0.25) is 0 Å². The monoisotopic (exact) mass is 322 g/mol. The molecular formula is C19H34N2O2. The van der Waals surface area contributed by atoms with Crippen LogP contribution in [0.3, 0.4) is 0 Å². The van der Waals surface area contributed by atoms with Crippen LogP contribution in [-0.2, 0) is 4.79 Å². The first-order chi connectivity index (χ1) is 11.0. The molecule has 0 amide bonds. The van der Waals surface area contributed by atoms with Crippen molar-refractivity contribution in [1.29, 1.82) is 0 Å². The molecule has 0 spiro atoms. The number of aliphatic carboxylic acids is 1. The van der Waals surface area contributed by atoms with Gasteiger partial charge in [-0.2, -0.15) is 0 Å². The average Bonchev–Trinajstić information content (AvgIpc) is 2.48. The normalized spacial score (nSPS) is 42.2. The summed E-state index contributed by atoms with van der Waals surface area (Å²) in [6, 6.07) is 1.52. The highest BCUT2D eigenvalue weighted by molar-refractivity contribution is 5.67. The summed E-state index contributed by atoms with van der Waals surface area (Å²) < 4.78 is 0. The standard InChI is InChI=1S/C19H34N2O2/c1-13-9-14(11-16-5-3-4-8-21(16)2)17-7-6-15(12-19(22)23)20-18(17)10-13/h13-18,20H,3-12H2,1-2H3,(H,22,23). The molecule has 23 heavy (non-hydrogen) atoms. The highest BCUT2D eigenvalue weighted by Gasteiger charge is 2.41. The van der Waals surface area contributed by atoms with Gasteiger partial charge in [-0.25, -0.2) is 0 Å². The van der Waals surface area contributed by atoms with Crippen molar-refractivity contribution in [2.45, 2.75) is 82.8 Å². The van der Waals surface area contributed by atoms with Crippen molar-refractivity contribution in [3.63, 3.8) is 0 Å². The summed E-state index contributed by atoms with van der Waals surface area (Å²) in [5.74, 6) is 1.70. The molecule has 132 valence electrons. The van der Waals surface area contributed by atoms with Crippen molar-refractivity contribution < 1.29 is 9.90 Å². The van der Waals surface area contributed by atoms with E-state index in [1.54, 1.807) is 0 Å². The maximum absolute atomic E-state index is 11.0. The quantitative estimate of drug-likeness (QED) is 0.835. The minimum Gasteiger partial charge on any atom is -0.481 e. The zero-order valence-corrected chi connectivity index (χ0v) is 14.8. The zero-order chi connectivity index (χ0) is 16.4. The fourth-order valence-corrected chi connectivity index (χ4v) is 5.57. The van der Waals surface area contributed by atoms with E-state index in [0.717, 1.165) is 30.2 Å². The molecule has 3 fully saturated rings. The summed E-state index contributed by atoms with van der Waals surface area (Å²) in [5, 5.41) is 12.8. The number of carboxylic acids is 1. The third-order valence-electron chi connectivity index (χ3n) is 6.70. The lowest BCUT2D eigenvalue weighted by Gasteiger charge is -2.48. The zero-order valence-electron chi connectivity index (χ0n) is 14.8. The van der Waals surface area contributed by atoms with E-state index in [1.165, 1.54) is 51.5 Å². The number of likely N-dealkylation sites (tertiary alicyclic amines) is 1. The van der Waals surface area contributed by atoms with Crippen LogP contribution in [0.15, 0.2) is 0 Å². The minimum absolute atomic E-state index is 0.192. The van der Waals surface area contributed by atoms with Crippen LogP contribution >= 0.6 is 0 Å². The van der Waals surface area contributed by atoms with Crippen LogP contribution in [0.2, 0.25) is 0 Å². The van der Waals surface area contributed by atoms with E-state index in [2.05, 4.69) is 24.2 Å². The van der Waals surface area contributed by atoms with Gasteiger partial charge in [-0.05, 0) is 76.3 Å². The van der Waals surface area contributed by atoms with Gasteiger partial charge in [-0.15, -0.1) is 0 Å². The number of nitrogens with zero attached hydrogens (tertiary/aromatic N) is 1. The van der Waals surface area contributed by atoms with Gasteiger partial charge >= 0.3 is 5.97 Å². The van der Waals surface area contributed by atoms with Crippen LogP contribution in [0.1, 0.15) is 64.7 Å². The van der Waals surface area contributed by atoms with Gasteiger partial charge in [-0.3, -0.25) is 4.79 Å². The van der Waals surface area contributed by atoms with Gasteiger partial charge in [0.05, 0.1) is 6.42 Å². The number of hydrogen-bond donors (Lipinski definition) is 2. The molecule has 2 aliphatic heterocycles. The molecule has 1 aliphatic carbocycles. The molecule has 3 rings (SSSR count). The molecule has 2 N–H and O–H groups in total. The molecule has 2 saturated heterocycles. The third-order valence-corrected chi connectivity index (χ3v) is 6.70. The molecule has 0 bridgehead atoms. The maximum atomic E-state index is 11.0. The Bertz CT molecular complexity index is 414. The second-order valence-electron chi connectivity index (χ2n) is 8.51. The summed E-state index contributed by atoms with van der Waals surface area (Å²) in [7, 11) is 2.30. The van der Waals surface area contributed by atoms with Crippen molar-refractivity contribution in [2.24, 2.45) is 17.8 Å². The topological polar surface area (TPSA) is 52.6 Å². The number of fused-ring (bicyclic) bond motifs is 1. The van der Waals surface area contributed by atoms with E-state index in [4.69, 9.17) is 5.11 Å². The van der Waals surface area contributed by atoms with Crippen molar-refractivity contribution in [3.05, 3.63) is 0 Å². The number of carboxylic acid groups (broad SMARTS) is 1. The van der Waals surface area contributed by atoms with Gasteiger partial charge in [0, 0.05) is 18.1 Å². The Morgan fingerprint density at radius 3 is 2.78 bits per heavy atom. The maximum Gasteiger partial charge on any atom is 0.304 e. The largest absolute Gasteiger partial charge is 0.481 e. The number of carbonyl (C=O) groups is 1. The fraction of sp³-hybridized carbons (Fsp3) is 0.947. The number of rotatable bonds is 4. The van der Waals surface area contributed by atoms with E-state index in [1.807, 2.05) is 0 Å². The van der Waals surface area contributed by atoms with Crippen molar-refractivity contribution in [3.8, 4) is 0 Å². The lowest BCUT2D eigenvalue weighted by molar-refractivity contribution is -0.138. The van der Waals surface area contributed by atoms with E-state index < -0.39 is 5.97 Å². The molecule has 0 aromatic rings. The number of nitrogens with one attached hydrogen (secondary N) is 1. The molecule has 2 heterocycles. The predicted molar refractivity (Wildman–Crippen MR) is 92.5 cm³/mol. The first-order valence-electron chi connectivity index (χ1n) is 9.71. The SMILES string of the molecule is CC1CC(CC2CCCCN2C)C2CCC(CC(=O)O)NC2C1. The van der Waals surface area contributed by atoms with Crippen LogP contribution in [-0.4, -0.2) is 47.7 Å². The lowest BCUT2D eigenvalue weighted by Crippen LogP contribution is -2.54. The van der Waals surface area contributed by atoms with Gasteiger partial charge in [0.1, 0.15) is 0 Å². The van der Waals surface area contributed by atoms with Crippen LogP contribution in [0.5, 0.6) is 0 Å². The van der Waals surface area contributed by atoms with Crippen LogP contribution in [0.4, 0.5) is 0 Å². The van der Waals surface area contributed by atoms with E-state index in [-0.39, 0.29) is 12.5 Å². The highest BCUT2D eigenvalue weighted by Crippen LogP contribution is 2.43. The Hall–Kier alpha value is -0.610. The van der Waals surface area contributed by atoms with Crippen LogP contribution in [0.25, 0.3) is 0 Å². The fourth-order valence-electron chi connectivity index (χ4n) is 5.57. The summed E-state index contributed by atoms with van der Waals surface area (Å²) in [5.41, 5.74) is 0. The van der Waals surface area contributed by atoms with Gasteiger partial charge < -0.3 is 15.3 Å². The Kier molecular flexibility index (Phi) is 5.63. The van der Waals surface area contributed by atoms with E-state index in [0.29, 0.717) is 6.04 Å². The summed E-state index contributed by atoms with van der Waals surface area (Å²) in [6.45, 7) is 3.65.